The lowest BCUT2D eigenvalue weighted by atomic mass is 9.99. The van der Waals surface area contributed by atoms with Gasteiger partial charge in [0.15, 0.2) is 5.78 Å². The summed E-state index contributed by atoms with van der Waals surface area (Å²) in [6.45, 7) is 4.28. The average molecular weight is 373 g/mol. The van der Waals surface area contributed by atoms with E-state index in [1.165, 1.54) is 18.7 Å². The van der Waals surface area contributed by atoms with Gasteiger partial charge in [0.1, 0.15) is 0 Å². The summed E-state index contributed by atoms with van der Waals surface area (Å²) in [7, 11) is 1.35. The van der Waals surface area contributed by atoms with Crippen LogP contribution in [0.2, 0.25) is 0 Å². The minimum absolute atomic E-state index is 0.0369. The van der Waals surface area contributed by atoms with E-state index in [0.717, 1.165) is 27.9 Å². The second-order valence-corrected chi connectivity index (χ2v) is 6.65. The Balaban J connectivity index is 2.02. The van der Waals surface area contributed by atoms with Gasteiger partial charge in [-0.1, -0.05) is 48.5 Å². The first-order valence-electron chi connectivity index (χ1n) is 9.10. The zero-order chi connectivity index (χ0) is 20.1. The quantitative estimate of drug-likeness (QED) is 0.351. The number of methoxy groups -OCH3 is 1. The number of ether oxygens (including phenoxy) is 1. The molecule has 0 spiro atoms. The van der Waals surface area contributed by atoms with Crippen molar-refractivity contribution in [1.29, 1.82) is 0 Å². The van der Waals surface area contributed by atoms with Crippen molar-refractivity contribution in [3.8, 4) is 11.1 Å². The van der Waals surface area contributed by atoms with Gasteiger partial charge in [0.25, 0.3) is 0 Å². The summed E-state index contributed by atoms with van der Waals surface area (Å²) in [6.07, 6.45) is 5.12. The second-order valence-electron chi connectivity index (χ2n) is 6.65. The average Bonchev–Trinajstić information content (AvgIpc) is 3.03. The molecule has 142 valence electrons. The van der Waals surface area contributed by atoms with Gasteiger partial charge >= 0.3 is 5.97 Å². The Bertz CT molecular complexity index is 1030. The van der Waals surface area contributed by atoms with Crippen molar-refractivity contribution in [3.63, 3.8) is 0 Å². The number of benzene rings is 2. The van der Waals surface area contributed by atoms with E-state index in [2.05, 4.69) is 21.4 Å². The van der Waals surface area contributed by atoms with E-state index < -0.39 is 5.97 Å². The third kappa shape index (κ3) is 4.29. The molecule has 3 aromatic rings. The van der Waals surface area contributed by atoms with Gasteiger partial charge in [0.05, 0.1) is 7.11 Å². The van der Waals surface area contributed by atoms with Crippen LogP contribution in [0, 0.1) is 6.92 Å². The van der Waals surface area contributed by atoms with Gasteiger partial charge in [-0.2, -0.15) is 0 Å². The lowest BCUT2D eigenvalue weighted by molar-refractivity contribution is -0.134. The molecule has 0 bridgehead atoms. The number of carbonyl (C=O) groups is 2. The number of esters is 1. The van der Waals surface area contributed by atoms with Gasteiger partial charge in [-0.25, -0.2) is 4.79 Å². The highest BCUT2D eigenvalue weighted by Gasteiger charge is 2.18. The van der Waals surface area contributed by atoms with Crippen molar-refractivity contribution in [2.24, 2.45) is 0 Å². The summed E-state index contributed by atoms with van der Waals surface area (Å²) >= 11 is 0. The Morgan fingerprint density at radius 1 is 1.07 bits per heavy atom. The molecule has 0 aliphatic rings. The highest BCUT2D eigenvalue weighted by atomic mass is 16.5. The summed E-state index contributed by atoms with van der Waals surface area (Å²) in [5, 5.41) is 0. The zero-order valence-corrected chi connectivity index (χ0v) is 16.3. The minimum atomic E-state index is -0.403. The van der Waals surface area contributed by atoms with Crippen molar-refractivity contribution in [2.75, 3.05) is 7.11 Å². The Labute approximate surface area is 165 Å². The molecule has 28 heavy (non-hydrogen) atoms. The number of Topliss-reactive ketones (excluding diaryl/α,β-unsaturated/α-hetero) is 1. The lowest BCUT2D eigenvalue weighted by Gasteiger charge is -2.06. The van der Waals surface area contributed by atoms with Gasteiger partial charge in [0.2, 0.25) is 0 Å². The number of carbonyl (C=O) groups excluding carboxylic acids is 2. The van der Waals surface area contributed by atoms with Gasteiger partial charge < -0.3 is 9.30 Å². The van der Waals surface area contributed by atoms with Crippen LogP contribution < -0.4 is 0 Å². The summed E-state index contributed by atoms with van der Waals surface area (Å²) < 4.78 is 6.75. The molecule has 3 rings (SSSR count). The molecule has 0 aliphatic heterocycles. The van der Waals surface area contributed by atoms with E-state index in [0.29, 0.717) is 6.54 Å². The molecule has 0 N–H and O–H groups in total. The standard InChI is InChI=1S/C24H23NO3/c1-17-24(18(2)26)22(16-25(17)15-20-8-5-4-6-9-20)21-11-7-10-19(14-21)12-13-23(27)28-3/h4-14,16H,15H2,1-3H3/b13-12+. The highest BCUT2D eigenvalue weighted by Crippen LogP contribution is 2.30. The van der Waals surface area contributed by atoms with Gasteiger partial charge in [-0.15, -0.1) is 0 Å². The first kappa shape index (κ1) is 19.4. The molecule has 4 nitrogen and oxygen atoms in total. The van der Waals surface area contributed by atoms with Crippen LogP contribution in [0.4, 0.5) is 0 Å². The molecular formula is C24H23NO3. The third-order valence-corrected chi connectivity index (χ3v) is 4.71. The molecule has 0 fully saturated rings. The van der Waals surface area contributed by atoms with Crippen molar-refractivity contribution in [1.82, 2.24) is 4.57 Å². The maximum atomic E-state index is 12.4. The van der Waals surface area contributed by atoms with Gasteiger partial charge in [-0.05, 0) is 42.7 Å². The zero-order valence-electron chi connectivity index (χ0n) is 16.3. The number of hydrogen-bond donors (Lipinski definition) is 0. The normalized spacial score (nSPS) is 11.0. The first-order valence-corrected chi connectivity index (χ1v) is 9.10. The van der Waals surface area contributed by atoms with Crippen LogP contribution in [-0.4, -0.2) is 23.4 Å². The molecule has 0 radical (unpaired) electrons. The molecular weight excluding hydrogens is 350 g/mol. The fraction of sp³-hybridized carbons (Fsp3) is 0.167. The SMILES string of the molecule is COC(=O)/C=C/c1cccc(-c2cn(Cc3ccccc3)c(C)c2C(C)=O)c1. The molecule has 0 atom stereocenters. The number of nitrogens with zero attached hydrogens (tertiary/aromatic N) is 1. The van der Waals surface area contributed by atoms with Crippen LogP contribution in [-0.2, 0) is 16.1 Å². The fourth-order valence-electron chi connectivity index (χ4n) is 3.31. The summed E-state index contributed by atoms with van der Waals surface area (Å²) in [5.41, 5.74) is 5.55. The molecule has 4 heteroatoms. The predicted octanol–water partition coefficient (Wildman–Crippen LogP) is 4.90. The Morgan fingerprint density at radius 3 is 2.50 bits per heavy atom. The van der Waals surface area contributed by atoms with Crippen molar-refractivity contribution >= 4 is 17.8 Å². The van der Waals surface area contributed by atoms with Crippen molar-refractivity contribution < 1.29 is 14.3 Å². The molecule has 1 heterocycles. The molecule has 0 amide bonds. The maximum absolute atomic E-state index is 12.4. The van der Waals surface area contributed by atoms with Crippen molar-refractivity contribution in [2.45, 2.75) is 20.4 Å². The topological polar surface area (TPSA) is 48.3 Å². The van der Waals surface area contributed by atoms with E-state index in [9.17, 15) is 9.59 Å². The summed E-state index contributed by atoms with van der Waals surface area (Å²) in [6, 6.07) is 17.9. The Morgan fingerprint density at radius 2 is 1.82 bits per heavy atom. The van der Waals surface area contributed by atoms with Crippen molar-refractivity contribution in [3.05, 3.63) is 89.3 Å². The van der Waals surface area contributed by atoms with E-state index in [1.807, 2.05) is 55.6 Å². The Kier molecular flexibility index (Phi) is 5.90. The number of aromatic nitrogens is 1. The Hall–Kier alpha value is -3.40. The fourth-order valence-corrected chi connectivity index (χ4v) is 3.31. The summed E-state index contributed by atoms with van der Waals surface area (Å²) in [4.78, 5) is 23.7. The van der Waals surface area contributed by atoms with Gasteiger partial charge in [-0.3, -0.25) is 4.79 Å². The van der Waals surface area contributed by atoms with Crippen LogP contribution in [0.5, 0.6) is 0 Å². The summed E-state index contributed by atoms with van der Waals surface area (Å²) in [5.74, 6) is -0.366. The van der Waals surface area contributed by atoms with E-state index in [-0.39, 0.29) is 5.78 Å². The van der Waals surface area contributed by atoms with Crippen LogP contribution in [0.25, 0.3) is 17.2 Å². The van der Waals surface area contributed by atoms with Crippen LogP contribution in [0.1, 0.15) is 34.1 Å². The molecule has 0 aliphatic carbocycles. The molecule has 2 aromatic carbocycles. The number of hydrogen-bond acceptors (Lipinski definition) is 3. The smallest absolute Gasteiger partial charge is 0.330 e. The van der Waals surface area contributed by atoms with Gasteiger partial charge in [0, 0.05) is 35.6 Å². The lowest BCUT2D eigenvalue weighted by Crippen LogP contribution is -2.02. The van der Waals surface area contributed by atoms with E-state index in [1.54, 1.807) is 13.0 Å². The molecule has 1 aromatic heterocycles. The first-order chi connectivity index (χ1) is 13.5. The monoisotopic (exact) mass is 373 g/mol. The molecule has 0 saturated heterocycles. The third-order valence-electron chi connectivity index (χ3n) is 4.71. The second kappa shape index (κ2) is 8.53. The predicted molar refractivity (Wildman–Crippen MR) is 111 cm³/mol. The molecule has 0 unspecified atom stereocenters. The van der Waals surface area contributed by atoms with Crippen LogP contribution in [0.3, 0.4) is 0 Å². The van der Waals surface area contributed by atoms with Crippen LogP contribution in [0.15, 0.2) is 66.9 Å². The van der Waals surface area contributed by atoms with E-state index in [4.69, 9.17) is 0 Å². The van der Waals surface area contributed by atoms with Crippen LogP contribution >= 0.6 is 0 Å². The largest absolute Gasteiger partial charge is 0.466 e. The molecule has 0 saturated carbocycles. The maximum Gasteiger partial charge on any atom is 0.330 e. The minimum Gasteiger partial charge on any atom is -0.466 e. The number of rotatable bonds is 6. The highest BCUT2D eigenvalue weighted by molar-refractivity contribution is 6.02. The number of ketones is 1. The van der Waals surface area contributed by atoms with E-state index >= 15 is 0 Å².